The van der Waals surface area contributed by atoms with E-state index in [0.717, 1.165) is 11.4 Å². The van der Waals surface area contributed by atoms with Gasteiger partial charge in [0.2, 0.25) is 0 Å². The minimum Gasteiger partial charge on any atom is -0.484 e. The van der Waals surface area contributed by atoms with Gasteiger partial charge in [-0.1, -0.05) is 12.1 Å². The third-order valence-corrected chi connectivity index (χ3v) is 6.99. The van der Waals surface area contributed by atoms with E-state index in [4.69, 9.17) is 4.74 Å². The molecule has 0 radical (unpaired) electrons. The van der Waals surface area contributed by atoms with Crippen molar-refractivity contribution in [1.82, 2.24) is 20.6 Å². The fourth-order valence-electron chi connectivity index (χ4n) is 2.61. The van der Waals surface area contributed by atoms with Gasteiger partial charge in [-0.3, -0.25) is 25.1 Å². The van der Waals surface area contributed by atoms with Gasteiger partial charge in [0.25, 0.3) is 11.8 Å². The van der Waals surface area contributed by atoms with Crippen molar-refractivity contribution in [2.75, 3.05) is 18.1 Å². The van der Waals surface area contributed by atoms with E-state index in [-0.39, 0.29) is 19.1 Å². The van der Waals surface area contributed by atoms with E-state index in [1.165, 1.54) is 17.1 Å². The summed E-state index contributed by atoms with van der Waals surface area (Å²) < 4.78 is 7.53. The Kier molecular flexibility index (Phi) is 6.68. The van der Waals surface area contributed by atoms with E-state index in [0.29, 0.717) is 10.3 Å². The number of hydrogen-bond acceptors (Lipinski definition) is 6. The summed E-state index contributed by atoms with van der Waals surface area (Å²) >= 11 is 3.89. The van der Waals surface area contributed by atoms with Crippen LogP contribution in [0.5, 0.6) is 5.75 Å². The zero-order valence-electron chi connectivity index (χ0n) is 15.2. The highest BCUT2D eigenvalue weighted by Crippen LogP contribution is 2.45. The van der Waals surface area contributed by atoms with E-state index < -0.39 is 5.91 Å². The van der Waals surface area contributed by atoms with Crippen molar-refractivity contribution < 1.29 is 14.3 Å². The third kappa shape index (κ3) is 5.67. The van der Waals surface area contributed by atoms with Crippen molar-refractivity contribution in [2.45, 2.75) is 25.0 Å². The minimum absolute atomic E-state index is 0.0411. The summed E-state index contributed by atoms with van der Waals surface area (Å²) in [6.07, 6.45) is 0. The largest absolute Gasteiger partial charge is 0.484 e. The first-order chi connectivity index (χ1) is 13.0. The Morgan fingerprint density at radius 1 is 1.15 bits per heavy atom. The molecule has 7 nitrogen and oxygen atoms in total. The predicted octanol–water partition coefficient (Wildman–Crippen LogP) is 2.20. The molecule has 1 saturated heterocycles. The molecule has 1 aliphatic rings. The van der Waals surface area contributed by atoms with Gasteiger partial charge in [0.1, 0.15) is 12.3 Å². The highest BCUT2D eigenvalue weighted by Gasteiger charge is 2.18. The summed E-state index contributed by atoms with van der Waals surface area (Å²) in [4.78, 5) is 23.7. The van der Waals surface area contributed by atoms with Crippen LogP contribution >= 0.6 is 23.5 Å². The molecule has 0 atom stereocenters. The molecular weight excluding hydrogens is 384 g/mol. The number of aromatic nitrogens is 2. The number of amides is 2. The molecule has 0 unspecified atom stereocenters. The summed E-state index contributed by atoms with van der Waals surface area (Å²) in [5.41, 5.74) is 7.70. The second-order valence-electron chi connectivity index (χ2n) is 6.11. The van der Waals surface area contributed by atoms with E-state index in [1.54, 1.807) is 4.68 Å². The fourth-order valence-corrected chi connectivity index (χ4v) is 5.47. The van der Waals surface area contributed by atoms with Crippen LogP contribution in [0.25, 0.3) is 0 Å². The van der Waals surface area contributed by atoms with Crippen LogP contribution in [0.4, 0.5) is 0 Å². The SMILES string of the molecule is Cc1cc(C)n(CC(=O)NNC(=O)COc2ccc(C3SCCS3)cc2)n1. The molecule has 1 aromatic carbocycles. The molecular formula is C18H22N4O3S2. The van der Waals surface area contributed by atoms with E-state index in [9.17, 15) is 9.59 Å². The van der Waals surface area contributed by atoms with Crippen LogP contribution < -0.4 is 15.6 Å². The topological polar surface area (TPSA) is 85.2 Å². The van der Waals surface area contributed by atoms with Crippen molar-refractivity contribution in [3.8, 4) is 5.75 Å². The summed E-state index contributed by atoms with van der Waals surface area (Å²) in [7, 11) is 0. The van der Waals surface area contributed by atoms with Crippen LogP contribution in [0.15, 0.2) is 30.3 Å². The van der Waals surface area contributed by atoms with Crippen LogP contribution in [0.1, 0.15) is 21.5 Å². The molecule has 0 saturated carbocycles. The van der Waals surface area contributed by atoms with E-state index in [2.05, 4.69) is 16.0 Å². The molecule has 2 amide bonds. The van der Waals surface area contributed by atoms with E-state index >= 15 is 0 Å². The zero-order chi connectivity index (χ0) is 19.2. The number of carbonyl (C=O) groups is 2. The number of rotatable bonds is 6. The average molecular weight is 407 g/mol. The molecule has 0 spiro atoms. The average Bonchev–Trinajstić information content (AvgIpc) is 3.29. The molecule has 3 rings (SSSR count). The van der Waals surface area contributed by atoms with Gasteiger partial charge in [0.15, 0.2) is 6.61 Å². The van der Waals surface area contributed by atoms with Crippen molar-refractivity contribution >= 4 is 35.3 Å². The predicted molar refractivity (Wildman–Crippen MR) is 108 cm³/mol. The molecule has 2 N–H and O–H groups in total. The standard InChI is InChI=1S/C18H22N4O3S2/c1-12-9-13(2)22(21-12)10-16(23)19-20-17(24)11-25-15-5-3-14(4-6-15)18-26-7-8-27-18/h3-6,9,18H,7-8,10-11H2,1-2H3,(H,19,23)(H,20,24). The lowest BCUT2D eigenvalue weighted by Crippen LogP contribution is -2.45. The van der Waals surface area contributed by atoms with Crippen molar-refractivity contribution in [3.63, 3.8) is 0 Å². The zero-order valence-corrected chi connectivity index (χ0v) is 16.9. The van der Waals surface area contributed by atoms with Gasteiger partial charge in [-0.05, 0) is 37.6 Å². The molecule has 27 heavy (non-hydrogen) atoms. The molecule has 0 aliphatic carbocycles. The maximum atomic E-state index is 11.9. The number of hydrazine groups is 1. The maximum Gasteiger partial charge on any atom is 0.276 e. The van der Waals surface area contributed by atoms with Crippen LogP contribution in [0.2, 0.25) is 0 Å². The number of aryl methyl sites for hydroxylation is 2. The highest BCUT2D eigenvalue weighted by molar-refractivity contribution is 8.19. The van der Waals surface area contributed by atoms with Crippen LogP contribution in [-0.2, 0) is 16.1 Å². The monoisotopic (exact) mass is 406 g/mol. The second-order valence-corrected chi connectivity index (χ2v) is 8.84. The van der Waals surface area contributed by atoms with Gasteiger partial charge in [-0.2, -0.15) is 5.10 Å². The third-order valence-electron chi connectivity index (χ3n) is 3.88. The molecule has 144 valence electrons. The Labute approximate surface area is 166 Å². The normalized spacial score (nSPS) is 14.1. The first kappa shape index (κ1) is 19.6. The van der Waals surface area contributed by atoms with Crippen molar-refractivity contribution in [3.05, 3.63) is 47.3 Å². The lowest BCUT2D eigenvalue weighted by Gasteiger charge is -2.11. The first-order valence-corrected chi connectivity index (χ1v) is 10.7. The molecule has 0 bridgehead atoms. The molecule has 1 fully saturated rings. The summed E-state index contributed by atoms with van der Waals surface area (Å²) in [5, 5.41) is 4.20. The lowest BCUT2D eigenvalue weighted by atomic mass is 10.2. The quantitative estimate of drug-likeness (QED) is 0.716. The van der Waals surface area contributed by atoms with Gasteiger partial charge in [-0.15, -0.1) is 23.5 Å². The van der Waals surface area contributed by atoms with Crippen molar-refractivity contribution in [2.24, 2.45) is 0 Å². The Bertz CT molecular complexity index is 801. The number of nitrogens with one attached hydrogen (secondary N) is 2. The number of benzene rings is 1. The van der Waals surface area contributed by atoms with Gasteiger partial charge in [-0.25, -0.2) is 0 Å². The fraction of sp³-hybridized carbons (Fsp3) is 0.389. The number of thioether (sulfide) groups is 2. The number of carbonyl (C=O) groups excluding carboxylic acids is 2. The second kappa shape index (κ2) is 9.18. The Hall–Kier alpha value is -2.13. The number of nitrogens with zero attached hydrogens (tertiary/aromatic N) is 2. The highest BCUT2D eigenvalue weighted by atomic mass is 32.2. The summed E-state index contributed by atoms with van der Waals surface area (Å²) in [5.74, 6) is 2.20. The molecule has 2 aromatic rings. The molecule has 1 aromatic heterocycles. The van der Waals surface area contributed by atoms with Gasteiger partial charge in [0, 0.05) is 17.2 Å². The number of ether oxygens (including phenoxy) is 1. The van der Waals surface area contributed by atoms with Crippen LogP contribution in [-0.4, -0.2) is 39.7 Å². The van der Waals surface area contributed by atoms with Gasteiger partial charge in [0.05, 0.1) is 10.3 Å². The Morgan fingerprint density at radius 2 is 1.81 bits per heavy atom. The minimum atomic E-state index is -0.428. The Balaban J connectivity index is 1.39. The van der Waals surface area contributed by atoms with Crippen LogP contribution in [0, 0.1) is 13.8 Å². The molecule has 9 heteroatoms. The smallest absolute Gasteiger partial charge is 0.276 e. The lowest BCUT2D eigenvalue weighted by molar-refractivity contribution is -0.130. The number of hydrogen-bond donors (Lipinski definition) is 2. The van der Waals surface area contributed by atoms with Crippen LogP contribution in [0.3, 0.4) is 0 Å². The van der Waals surface area contributed by atoms with Gasteiger partial charge < -0.3 is 4.74 Å². The van der Waals surface area contributed by atoms with Crippen molar-refractivity contribution in [1.29, 1.82) is 0 Å². The summed E-state index contributed by atoms with van der Waals surface area (Å²) in [6.45, 7) is 3.60. The van der Waals surface area contributed by atoms with Gasteiger partial charge >= 0.3 is 0 Å². The Morgan fingerprint density at radius 3 is 2.44 bits per heavy atom. The molecule has 2 heterocycles. The maximum absolute atomic E-state index is 11.9. The summed E-state index contributed by atoms with van der Waals surface area (Å²) in [6, 6.07) is 9.67. The first-order valence-electron chi connectivity index (χ1n) is 8.56. The molecule has 1 aliphatic heterocycles. The van der Waals surface area contributed by atoms with E-state index in [1.807, 2.05) is 67.7 Å².